The van der Waals surface area contributed by atoms with Gasteiger partial charge in [-0.25, -0.2) is 0 Å². The van der Waals surface area contributed by atoms with E-state index in [0.717, 1.165) is 11.1 Å². The van der Waals surface area contributed by atoms with Gasteiger partial charge in [-0.15, -0.1) is 0 Å². The minimum Gasteiger partial charge on any atom is -0.481 e. The second kappa shape index (κ2) is 10.5. The number of anilines is 2. The van der Waals surface area contributed by atoms with Crippen LogP contribution in [0.4, 0.5) is 11.4 Å². The molecule has 3 aromatic rings. The van der Waals surface area contributed by atoms with Crippen molar-refractivity contribution in [1.29, 1.82) is 0 Å². The predicted octanol–water partition coefficient (Wildman–Crippen LogP) is 5.12. The van der Waals surface area contributed by atoms with Crippen molar-refractivity contribution in [2.24, 2.45) is 0 Å². The lowest BCUT2D eigenvalue weighted by Gasteiger charge is -2.17. The van der Waals surface area contributed by atoms with E-state index in [-0.39, 0.29) is 11.8 Å². The Morgan fingerprint density at radius 2 is 1.06 bits per heavy atom. The zero-order chi connectivity index (χ0) is 23.1. The topological polar surface area (TPSA) is 76.7 Å². The lowest BCUT2D eigenvalue weighted by Crippen LogP contribution is -2.31. The van der Waals surface area contributed by atoms with E-state index in [1.54, 1.807) is 38.1 Å². The number of amides is 2. The molecule has 0 aliphatic heterocycles. The maximum atomic E-state index is 12.6. The molecule has 6 heteroatoms. The molecular weight excluding hydrogens is 404 g/mol. The summed E-state index contributed by atoms with van der Waals surface area (Å²) in [5.41, 5.74) is 3.03. The van der Waals surface area contributed by atoms with Crippen LogP contribution in [0, 0.1) is 13.8 Å². The van der Waals surface area contributed by atoms with Crippen LogP contribution in [0.25, 0.3) is 0 Å². The van der Waals surface area contributed by atoms with Crippen LogP contribution in [0.5, 0.6) is 11.5 Å². The highest BCUT2D eigenvalue weighted by Crippen LogP contribution is 2.21. The van der Waals surface area contributed by atoms with Crippen molar-refractivity contribution in [3.63, 3.8) is 0 Å². The number of rotatable bonds is 8. The van der Waals surface area contributed by atoms with E-state index in [2.05, 4.69) is 10.6 Å². The van der Waals surface area contributed by atoms with Gasteiger partial charge in [0.25, 0.3) is 11.8 Å². The summed E-state index contributed by atoms with van der Waals surface area (Å²) in [5, 5.41) is 5.65. The normalized spacial score (nSPS) is 12.4. The van der Waals surface area contributed by atoms with E-state index in [9.17, 15) is 9.59 Å². The summed E-state index contributed by atoms with van der Waals surface area (Å²) in [4.78, 5) is 25.1. The Morgan fingerprint density at radius 1 is 0.656 bits per heavy atom. The third-order valence-electron chi connectivity index (χ3n) is 4.93. The molecule has 0 heterocycles. The van der Waals surface area contributed by atoms with Crippen molar-refractivity contribution in [2.75, 3.05) is 10.6 Å². The summed E-state index contributed by atoms with van der Waals surface area (Å²) < 4.78 is 11.5. The number of para-hydroxylation sites is 2. The fourth-order valence-corrected chi connectivity index (χ4v) is 3.03. The van der Waals surface area contributed by atoms with E-state index in [0.29, 0.717) is 22.9 Å². The molecule has 2 unspecified atom stereocenters. The monoisotopic (exact) mass is 432 g/mol. The smallest absolute Gasteiger partial charge is 0.265 e. The average Bonchev–Trinajstić information content (AvgIpc) is 2.77. The second-order valence-corrected chi connectivity index (χ2v) is 7.61. The first kappa shape index (κ1) is 22.9. The van der Waals surface area contributed by atoms with Gasteiger partial charge in [0.1, 0.15) is 11.5 Å². The van der Waals surface area contributed by atoms with Gasteiger partial charge in [0.15, 0.2) is 12.2 Å². The van der Waals surface area contributed by atoms with Crippen molar-refractivity contribution >= 4 is 23.2 Å². The summed E-state index contributed by atoms with van der Waals surface area (Å²) in [5.74, 6) is 0.763. The van der Waals surface area contributed by atoms with E-state index >= 15 is 0 Å². The fraction of sp³-hybridized carbons (Fsp3) is 0.231. The molecule has 6 nitrogen and oxygen atoms in total. The first-order valence-electron chi connectivity index (χ1n) is 10.5. The number of nitrogens with one attached hydrogen (secondary N) is 2. The van der Waals surface area contributed by atoms with Crippen LogP contribution in [0.15, 0.2) is 72.8 Å². The van der Waals surface area contributed by atoms with Crippen molar-refractivity contribution < 1.29 is 19.1 Å². The van der Waals surface area contributed by atoms with Crippen LogP contribution >= 0.6 is 0 Å². The van der Waals surface area contributed by atoms with Crippen LogP contribution < -0.4 is 20.1 Å². The summed E-state index contributed by atoms with van der Waals surface area (Å²) >= 11 is 0. The molecule has 0 aliphatic carbocycles. The molecule has 2 atom stereocenters. The first-order chi connectivity index (χ1) is 15.3. The number of aryl methyl sites for hydroxylation is 2. The van der Waals surface area contributed by atoms with Crippen LogP contribution in [0.3, 0.4) is 0 Å². The van der Waals surface area contributed by atoms with Crippen LogP contribution in [-0.4, -0.2) is 24.0 Å². The molecule has 3 rings (SSSR count). The molecule has 0 spiro atoms. The van der Waals surface area contributed by atoms with Gasteiger partial charge in [0, 0.05) is 11.4 Å². The SMILES string of the molecule is Cc1ccccc1OC(C)C(=O)Nc1cccc(NC(=O)C(C)Oc2ccccc2C)c1. The molecule has 0 radical (unpaired) electrons. The van der Waals surface area contributed by atoms with Gasteiger partial charge in [-0.2, -0.15) is 0 Å². The molecule has 2 N–H and O–H groups in total. The minimum atomic E-state index is -0.683. The molecule has 0 bridgehead atoms. The minimum absolute atomic E-state index is 0.284. The van der Waals surface area contributed by atoms with Crippen molar-refractivity contribution in [3.05, 3.63) is 83.9 Å². The maximum Gasteiger partial charge on any atom is 0.265 e. The number of hydrogen-bond acceptors (Lipinski definition) is 4. The Balaban J connectivity index is 1.58. The molecule has 0 aliphatic rings. The Labute approximate surface area is 188 Å². The van der Waals surface area contributed by atoms with Gasteiger partial charge in [0.05, 0.1) is 0 Å². The highest BCUT2D eigenvalue weighted by atomic mass is 16.5. The molecular formula is C26H28N2O4. The van der Waals surface area contributed by atoms with E-state index in [4.69, 9.17) is 9.47 Å². The summed E-state index contributed by atoms with van der Waals surface area (Å²) in [6.07, 6.45) is -1.37. The molecule has 2 amide bonds. The van der Waals surface area contributed by atoms with E-state index in [1.807, 2.05) is 62.4 Å². The third-order valence-corrected chi connectivity index (χ3v) is 4.93. The number of carbonyl (C=O) groups is 2. The van der Waals surface area contributed by atoms with Gasteiger partial charge >= 0.3 is 0 Å². The lowest BCUT2D eigenvalue weighted by molar-refractivity contribution is -0.122. The van der Waals surface area contributed by atoms with Gasteiger partial charge in [-0.05, 0) is 69.2 Å². The average molecular weight is 433 g/mol. The van der Waals surface area contributed by atoms with Crippen molar-refractivity contribution in [3.8, 4) is 11.5 Å². The molecule has 32 heavy (non-hydrogen) atoms. The predicted molar refractivity (Wildman–Crippen MR) is 126 cm³/mol. The van der Waals surface area contributed by atoms with Gasteiger partial charge < -0.3 is 20.1 Å². The standard InChI is InChI=1S/C26H28N2O4/c1-17-10-5-7-14-23(17)31-19(3)25(29)27-21-12-9-13-22(16-21)28-26(30)20(4)32-24-15-8-6-11-18(24)2/h5-16,19-20H,1-4H3,(H,27,29)(H,28,30). The summed E-state index contributed by atoms with van der Waals surface area (Å²) in [6, 6.07) is 22.0. The van der Waals surface area contributed by atoms with Crippen LogP contribution in [0.1, 0.15) is 25.0 Å². The molecule has 0 saturated carbocycles. The number of hydrogen-bond donors (Lipinski definition) is 2. The van der Waals surface area contributed by atoms with Crippen LogP contribution in [0.2, 0.25) is 0 Å². The van der Waals surface area contributed by atoms with Gasteiger partial charge in [0.2, 0.25) is 0 Å². The first-order valence-corrected chi connectivity index (χ1v) is 10.5. The van der Waals surface area contributed by atoms with Crippen molar-refractivity contribution in [1.82, 2.24) is 0 Å². The van der Waals surface area contributed by atoms with E-state index in [1.165, 1.54) is 0 Å². The molecule has 0 saturated heterocycles. The highest BCUT2D eigenvalue weighted by Gasteiger charge is 2.18. The third kappa shape index (κ3) is 6.11. The van der Waals surface area contributed by atoms with E-state index < -0.39 is 12.2 Å². The van der Waals surface area contributed by atoms with Crippen LogP contribution in [-0.2, 0) is 9.59 Å². The number of carbonyl (C=O) groups excluding carboxylic acids is 2. The Hall–Kier alpha value is -3.80. The summed E-state index contributed by atoms with van der Waals surface area (Å²) in [6.45, 7) is 7.24. The Bertz CT molecular complexity index is 1010. The molecule has 0 aromatic heterocycles. The molecule has 0 fully saturated rings. The van der Waals surface area contributed by atoms with Crippen molar-refractivity contribution in [2.45, 2.75) is 39.9 Å². The lowest BCUT2D eigenvalue weighted by atomic mass is 10.2. The zero-order valence-corrected chi connectivity index (χ0v) is 18.7. The highest BCUT2D eigenvalue weighted by molar-refractivity contribution is 5.97. The Kier molecular flexibility index (Phi) is 7.49. The molecule has 3 aromatic carbocycles. The van der Waals surface area contributed by atoms with Gasteiger partial charge in [-0.1, -0.05) is 42.5 Å². The molecule has 166 valence electrons. The number of ether oxygens (including phenoxy) is 2. The summed E-state index contributed by atoms with van der Waals surface area (Å²) in [7, 11) is 0. The largest absolute Gasteiger partial charge is 0.481 e. The Morgan fingerprint density at radius 3 is 1.47 bits per heavy atom. The quantitative estimate of drug-likeness (QED) is 0.518. The number of benzene rings is 3. The maximum absolute atomic E-state index is 12.6. The van der Waals surface area contributed by atoms with Gasteiger partial charge in [-0.3, -0.25) is 9.59 Å². The second-order valence-electron chi connectivity index (χ2n) is 7.61. The fourth-order valence-electron chi connectivity index (χ4n) is 3.03. The zero-order valence-electron chi connectivity index (χ0n) is 18.7.